The van der Waals surface area contributed by atoms with E-state index in [1.54, 1.807) is 0 Å². The first-order valence-corrected chi connectivity index (χ1v) is 6.96. The molecule has 1 rings (SSSR count). The van der Waals surface area contributed by atoms with Crippen LogP contribution in [-0.4, -0.2) is 34.7 Å². The molecule has 0 aromatic heterocycles. The molecule has 0 radical (unpaired) electrons. The third-order valence-corrected chi connectivity index (χ3v) is 3.81. The van der Waals surface area contributed by atoms with Gasteiger partial charge in [0.25, 0.3) is 0 Å². The molecule has 0 bridgehead atoms. The first kappa shape index (κ1) is 12.8. The van der Waals surface area contributed by atoms with E-state index in [4.69, 9.17) is 5.11 Å². The van der Waals surface area contributed by atoms with Gasteiger partial charge in [-0.15, -0.1) is 0 Å². The Morgan fingerprint density at radius 1 is 1.53 bits per heavy atom. The molecule has 2 unspecified atom stereocenters. The van der Waals surface area contributed by atoms with Gasteiger partial charge in [-0.3, -0.25) is 4.79 Å². The number of nitrogens with one attached hydrogen (secondary N) is 1. The SMILES string of the molecule is CCSCCCC1CCCC(C(=O)O)N1. The summed E-state index contributed by atoms with van der Waals surface area (Å²) >= 11 is 1.96. The second-order valence-electron chi connectivity index (χ2n) is 4.02. The molecule has 0 saturated carbocycles. The van der Waals surface area contributed by atoms with Gasteiger partial charge in [-0.2, -0.15) is 11.8 Å². The molecule has 0 amide bonds. The van der Waals surface area contributed by atoms with Gasteiger partial charge in [0.2, 0.25) is 0 Å². The van der Waals surface area contributed by atoms with E-state index >= 15 is 0 Å². The van der Waals surface area contributed by atoms with Gasteiger partial charge in [0.05, 0.1) is 0 Å². The molecule has 1 fully saturated rings. The highest BCUT2D eigenvalue weighted by molar-refractivity contribution is 7.99. The molecule has 88 valence electrons. The average Bonchev–Trinajstić information content (AvgIpc) is 2.25. The quantitative estimate of drug-likeness (QED) is 0.687. The first-order valence-electron chi connectivity index (χ1n) is 5.80. The van der Waals surface area contributed by atoms with Crippen LogP contribution >= 0.6 is 11.8 Å². The normalized spacial score (nSPS) is 26.5. The fourth-order valence-electron chi connectivity index (χ4n) is 2.02. The van der Waals surface area contributed by atoms with E-state index in [1.165, 1.54) is 17.9 Å². The van der Waals surface area contributed by atoms with E-state index in [2.05, 4.69) is 12.2 Å². The lowest BCUT2D eigenvalue weighted by Gasteiger charge is -2.28. The summed E-state index contributed by atoms with van der Waals surface area (Å²) in [4.78, 5) is 10.8. The van der Waals surface area contributed by atoms with Crippen LogP contribution in [-0.2, 0) is 4.79 Å². The van der Waals surface area contributed by atoms with E-state index in [0.29, 0.717) is 6.04 Å². The molecule has 2 atom stereocenters. The van der Waals surface area contributed by atoms with Crippen LogP contribution in [0.4, 0.5) is 0 Å². The first-order chi connectivity index (χ1) is 7.24. The zero-order valence-electron chi connectivity index (χ0n) is 9.37. The lowest BCUT2D eigenvalue weighted by atomic mass is 9.96. The van der Waals surface area contributed by atoms with Crippen LogP contribution in [0.1, 0.15) is 39.0 Å². The largest absolute Gasteiger partial charge is 0.480 e. The lowest BCUT2D eigenvalue weighted by molar-refractivity contribution is -0.140. The number of carboxylic acids is 1. The van der Waals surface area contributed by atoms with E-state index in [-0.39, 0.29) is 6.04 Å². The minimum absolute atomic E-state index is 0.303. The summed E-state index contributed by atoms with van der Waals surface area (Å²) in [7, 11) is 0. The zero-order chi connectivity index (χ0) is 11.1. The van der Waals surface area contributed by atoms with Crippen LogP contribution in [0.5, 0.6) is 0 Å². The van der Waals surface area contributed by atoms with Gasteiger partial charge in [0, 0.05) is 6.04 Å². The van der Waals surface area contributed by atoms with Crippen molar-refractivity contribution < 1.29 is 9.90 Å². The average molecular weight is 231 g/mol. The number of hydrogen-bond acceptors (Lipinski definition) is 3. The Bertz CT molecular complexity index is 199. The van der Waals surface area contributed by atoms with Crippen molar-refractivity contribution in [3.63, 3.8) is 0 Å². The number of carbonyl (C=O) groups is 1. The van der Waals surface area contributed by atoms with Crippen molar-refractivity contribution in [2.45, 2.75) is 51.1 Å². The maximum atomic E-state index is 10.8. The fraction of sp³-hybridized carbons (Fsp3) is 0.909. The van der Waals surface area contributed by atoms with Crippen molar-refractivity contribution in [1.29, 1.82) is 0 Å². The molecule has 1 aliphatic rings. The van der Waals surface area contributed by atoms with E-state index < -0.39 is 5.97 Å². The van der Waals surface area contributed by atoms with Gasteiger partial charge < -0.3 is 10.4 Å². The van der Waals surface area contributed by atoms with Crippen LogP contribution < -0.4 is 5.32 Å². The van der Waals surface area contributed by atoms with Crippen molar-refractivity contribution in [2.75, 3.05) is 11.5 Å². The third-order valence-electron chi connectivity index (χ3n) is 2.83. The highest BCUT2D eigenvalue weighted by atomic mass is 32.2. The van der Waals surface area contributed by atoms with Crippen molar-refractivity contribution in [3.05, 3.63) is 0 Å². The number of hydrogen-bond donors (Lipinski definition) is 2. The Kier molecular flexibility index (Phi) is 6.10. The molecule has 15 heavy (non-hydrogen) atoms. The summed E-state index contributed by atoms with van der Waals surface area (Å²) in [5, 5.41) is 12.1. The van der Waals surface area contributed by atoms with Gasteiger partial charge in [-0.25, -0.2) is 0 Å². The molecule has 0 aliphatic carbocycles. The Balaban J connectivity index is 2.15. The molecule has 2 N–H and O–H groups in total. The van der Waals surface area contributed by atoms with E-state index in [1.807, 2.05) is 11.8 Å². The summed E-state index contributed by atoms with van der Waals surface area (Å²) in [6.45, 7) is 2.17. The monoisotopic (exact) mass is 231 g/mol. The third kappa shape index (κ3) is 4.89. The minimum atomic E-state index is -0.692. The summed E-state index contributed by atoms with van der Waals surface area (Å²) < 4.78 is 0. The lowest BCUT2D eigenvalue weighted by Crippen LogP contribution is -2.46. The topological polar surface area (TPSA) is 49.3 Å². The van der Waals surface area contributed by atoms with Gasteiger partial charge in [0.1, 0.15) is 6.04 Å². The fourth-order valence-corrected chi connectivity index (χ4v) is 2.68. The van der Waals surface area contributed by atoms with Gasteiger partial charge in [-0.05, 0) is 43.6 Å². The minimum Gasteiger partial charge on any atom is -0.480 e. The van der Waals surface area contributed by atoms with Crippen molar-refractivity contribution in [1.82, 2.24) is 5.32 Å². The second kappa shape index (κ2) is 7.12. The molecular weight excluding hydrogens is 210 g/mol. The van der Waals surface area contributed by atoms with Gasteiger partial charge >= 0.3 is 5.97 Å². The number of rotatable bonds is 6. The highest BCUT2D eigenvalue weighted by Gasteiger charge is 2.25. The predicted molar refractivity (Wildman–Crippen MR) is 64.4 cm³/mol. The Labute approximate surface area is 96.0 Å². The molecule has 0 spiro atoms. The number of aliphatic carboxylic acids is 1. The Hall–Kier alpha value is -0.220. The van der Waals surface area contributed by atoms with Crippen LogP contribution in [0, 0.1) is 0 Å². The summed E-state index contributed by atoms with van der Waals surface area (Å²) in [6, 6.07) is 0.125. The number of piperidine rings is 1. The molecule has 3 nitrogen and oxygen atoms in total. The maximum Gasteiger partial charge on any atom is 0.320 e. The van der Waals surface area contributed by atoms with Crippen LogP contribution in [0.15, 0.2) is 0 Å². The zero-order valence-corrected chi connectivity index (χ0v) is 10.2. The molecule has 1 heterocycles. The number of carboxylic acid groups (broad SMARTS) is 1. The van der Waals surface area contributed by atoms with Gasteiger partial charge in [0.15, 0.2) is 0 Å². The van der Waals surface area contributed by atoms with E-state index in [0.717, 1.165) is 25.7 Å². The molecule has 4 heteroatoms. The molecule has 1 saturated heterocycles. The van der Waals surface area contributed by atoms with Gasteiger partial charge in [-0.1, -0.05) is 6.92 Å². The van der Waals surface area contributed by atoms with Crippen LogP contribution in [0.3, 0.4) is 0 Å². The highest BCUT2D eigenvalue weighted by Crippen LogP contribution is 2.17. The maximum absolute atomic E-state index is 10.8. The Morgan fingerprint density at radius 2 is 2.33 bits per heavy atom. The van der Waals surface area contributed by atoms with Crippen molar-refractivity contribution in [3.8, 4) is 0 Å². The summed E-state index contributed by atoms with van der Waals surface area (Å²) in [5.41, 5.74) is 0. The predicted octanol–water partition coefficient (Wildman–Crippen LogP) is 2.12. The standard InChI is InChI=1S/C11H21NO2S/c1-2-15-8-4-6-9-5-3-7-10(12-9)11(13)14/h9-10,12H,2-8H2,1H3,(H,13,14). The number of thioether (sulfide) groups is 1. The molecule has 0 aromatic rings. The van der Waals surface area contributed by atoms with Crippen molar-refractivity contribution >= 4 is 17.7 Å². The summed E-state index contributed by atoms with van der Waals surface area (Å²) in [6.07, 6.45) is 5.30. The smallest absolute Gasteiger partial charge is 0.320 e. The van der Waals surface area contributed by atoms with Crippen LogP contribution in [0.2, 0.25) is 0 Å². The molecule has 0 aromatic carbocycles. The Morgan fingerprint density at radius 3 is 3.00 bits per heavy atom. The van der Waals surface area contributed by atoms with Crippen LogP contribution in [0.25, 0.3) is 0 Å². The van der Waals surface area contributed by atoms with E-state index in [9.17, 15) is 4.79 Å². The molecular formula is C11H21NO2S. The van der Waals surface area contributed by atoms with Crippen molar-refractivity contribution in [2.24, 2.45) is 0 Å². The second-order valence-corrected chi connectivity index (χ2v) is 5.42. The summed E-state index contributed by atoms with van der Waals surface area (Å²) in [5.74, 6) is 1.69. The molecule has 1 aliphatic heterocycles.